The molecule has 1 heterocycles. The number of nitrogens with zero attached hydrogens (tertiary/aromatic N) is 1. The zero-order valence-electron chi connectivity index (χ0n) is 6.08. The third-order valence-electron chi connectivity index (χ3n) is 1.36. The lowest BCUT2D eigenvalue weighted by Gasteiger charge is -2.05. The molecule has 0 saturated heterocycles. The predicted octanol–water partition coefficient (Wildman–Crippen LogP) is 3.99. The first-order chi connectivity index (χ1) is 5.04. The summed E-state index contributed by atoms with van der Waals surface area (Å²) in [5.41, 5.74) is 2.00. The summed E-state index contributed by atoms with van der Waals surface area (Å²) in [7, 11) is 0. The molecular formula is C7H6Br3N. The lowest BCUT2D eigenvalue weighted by molar-refractivity contribution is 1.08. The zero-order chi connectivity index (χ0) is 8.59. The van der Waals surface area contributed by atoms with Crippen molar-refractivity contribution in [2.75, 3.05) is 0 Å². The number of hydrogen-bond donors (Lipinski definition) is 0. The van der Waals surface area contributed by atoms with Gasteiger partial charge >= 0.3 is 0 Å². The molecule has 0 aromatic carbocycles. The molecule has 1 aromatic rings. The number of hydrogen-bond acceptors (Lipinski definition) is 1. The van der Waals surface area contributed by atoms with Crippen LogP contribution in [-0.4, -0.2) is 4.98 Å². The Morgan fingerprint density at radius 2 is 1.18 bits per heavy atom. The van der Waals surface area contributed by atoms with Gasteiger partial charge in [0.1, 0.15) is 0 Å². The van der Waals surface area contributed by atoms with Crippen LogP contribution in [0.5, 0.6) is 0 Å². The van der Waals surface area contributed by atoms with E-state index in [1.165, 1.54) is 0 Å². The lowest BCUT2D eigenvalue weighted by Crippen LogP contribution is -1.90. The summed E-state index contributed by atoms with van der Waals surface area (Å²) < 4.78 is 3.05. The normalized spacial score (nSPS) is 10.3. The molecule has 1 aromatic heterocycles. The Morgan fingerprint density at radius 1 is 0.818 bits per heavy atom. The minimum atomic E-state index is 0.998. The van der Waals surface area contributed by atoms with E-state index in [0.29, 0.717) is 0 Å². The van der Waals surface area contributed by atoms with Gasteiger partial charge in [-0.25, -0.2) is 0 Å². The van der Waals surface area contributed by atoms with Gasteiger partial charge < -0.3 is 0 Å². The molecule has 1 rings (SSSR count). The van der Waals surface area contributed by atoms with Crippen molar-refractivity contribution in [1.29, 1.82) is 0 Å². The highest BCUT2D eigenvalue weighted by atomic mass is 79.9. The number of aromatic nitrogens is 1. The highest BCUT2D eigenvalue weighted by Crippen LogP contribution is 2.33. The van der Waals surface area contributed by atoms with Crippen molar-refractivity contribution in [3.05, 3.63) is 24.8 Å². The second-order valence-electron chi connectivity index (χ2n) is 2.22. The van der Waals surface area contributed by atoms with E-state index in [9.17, 15) is 0 Å². The minimum Gasteiger partial charge on any atom is -0.256 e. The fraction of sp³-hybridized carbons (Fsp3) is 0.286. The van der Waals surface area contributed by atoms with Crippen LogP contribution >= 0.6 is 47.8 Å². The van der Waals surface area contributed by atoms with Crippen LogP contribution in [0, 0.1) is 13.8 Å². The van der Waals surface area contributed by atoms with Crippen molar-refractivity contribution in [2.24, 2.45) is 0 Å². The molecule has 11 heavy (non-hydrogen) atoms. The summed E-state index contributed by atoms with van der Waals surface area (Å²) >= 11 is 10.3. The van der Waals surface area contributed by atoms with E-state index in [2.05, 4.69) is 52.8 Å². The topological polar surface area (TPSA) is 12.9 Å². The minimum absolute atomic E-state index is 0.998. The molecule has 0 saturated carbocycles. The van der Waals surface area contributed by atoms with E-state index in [1.807, 2.05) is 13.8 Å². The third kappa shape index (κ3) is 1.84. The quantitative estimate of drug-likeness (QED) is 0.694. The second-order valence-corrected chi connectivity index (χ2v) is 4.60. The molecule has 0 bridgehead atoms. The van der Waals surface area contributed by atoms with Crippen LogP contribution in [0.25, 0.3) is 0 Å². The lowest BCUT2D eigenvalue weighted by atomic mass is 10.3. The van der Waals surface area contributed by atoms with Gasteiger partial charge in [-0.3, -0.25) is 4.98 Å². The van der Waals surface area contributed by atoms with Crippen molar-refractivity contribution in [3.8, 4) is 0 Å². The Bertz CT molecular complexity index is 270. The molecule has 1 nitrogen and oxygen atoms in total. The maximum Gasteiger partial charge on any atom is 0.0541 e. The third-order valence-corrected chi connectivity index (χ3v) is 5.15. The summed E-state index contributed by atoms with van der Waals surface area (Å²) in [6.07, 6.45) is 0. The molecule has 0 amide bonds. The van der Waals surface area contributed by atoms with Crippen molar-refractivity contribution < 1.29 is 0 Å². The van der Waals surface area contributed by atoms with Crippen molar-refractivity contribution in [1.82, 2.24) is 4.98 Å². The first-order valence-corrected chi connectivity index (χ1v) is 5.39. The summed E-state index contributed by atoms with van der Waals surface area (Å²) in [4.78, 5) is 4.31. The maximum atomic E-state index is 4.31. The second kappa shape index (κ2) is 3.54. The van der Waals surface area contributed by atoms with E-state index in [1.54, 1.807) is 0 Å². The SMILES string of the molecule is Cc1nc(C)c(Br)c(Br)c1Br. The zero-order valence-corrected chi connectivity index (χ0v) is 10.8. The first-order valence-electron chi connectivity index (χ1n) is 3.01. The Labute approximate surface area is 91.0 Å². The molecule has 4 heteroatoms. The summed E-state index contributed by atoms with van der Waals surface area (Å²) in [5.74, 6) is 0. The van der Waals surface area contributed by atoms with Crippen molar-refractivity contribution in [2.45, 2.75) is 13.8 Å². The van der Waals surface area contributed by atoms with Gasteiger partial charge in [0, 0.05) is 4.47 Å². The smallest absolute Gasteiger partial charge is 0.0541 e. The van der Waals surface area contributed by atoms with Gasteiger partial charge in [0.25, 0.3) is 0 Å². The van der Waals surface area contributed by atoms with Crippen molar-refractivity contribution in [3.63, 3.8) is 0 Å². The Balaban J connectivity index is 3.46. The largest absolute Gasteiger partial charge is 0.256 e. The van der Waals surface area contributed by atoms with Crippen LogP contribution in [0.1, 0.15) is 11.4 Å². The Hall–Kier alpha value is 0.590. The van der Waals surface area contributed by atoms with Crippen molar-refractivity contribution >= 4 is 47.8 Å². The number of pyridine rings is 1. The number of aryl methyl sites for hydroxylation is 2. The monoisotopic (exact) mass is 341 g/mol. The maximum absolute atomic E-state index is 4.31. The summed E-state index contributed by atoms with van der Waals surface area (Å²) in [5, 5.41) is 0. The predicted molar refractivity (Wildman–Crippen MR) is 56.8 cm³/mol. The molecule has 0 spiro atoms. The molecule has 0 aliphatic carbocycles. The molecule has 0 fully saturated rings. The molecular weight excluding hydrogens is 338 g/mol. The van der Waals surface area contributed by atoms with E-state index in [-0.39, 0.29) is 0 Å². The van der Waals surface area contributed by atoms with Crippen LogP contribution in [0.2, 0.25) is 0 Å². The average molecular weight is 344 g/mol. The molecule has 0 atom stereocenters. The van der Waals surface area contributed by atoms with Crippen LogP contribution in [0.4, 0.5) is 0 Å². The molecule has 0 unspecified atom stereocenters. The van der Waals surface area contributed by atoms with Gasteiger partial charge in [0.15, 0.2) is 0 Å². The van der Waals surface area contributed by atoms with Crippen LogP contribution in [0.3, 0.4) is 0 Å². The molecule has 0 radical (unpaired) electrons. The molecule has 0 aliphatic rings. The first kappa shape index (κ1) is 9.68. The van der Waals surface area contributed by atoms with Crippen LogP contribution < -0.4 is 0 Å². The molecule has 0 aliphatic heterocycles. The van der Waals surface area contributed by atoms with Gasteiger partial charge in [0.05, 0.1) is 20.3 Å². The van der Waals surface area contributed by atoms with E-state index < -0.39 is 0 Å². The Morgan fingerprint density at radius 3 is 1.55 bits per heavy atom. The number of rotatable bonds is 0. The highest BCUT2D eigenvalue weighted by Gasteiger charge is 2.08. The Kier molecular flexibility index (Phi) is 3.11. The van der Waals surface area contributed by atoms with E-state index in [0.717, 1.165) is 24.8 Å². The van der Waals surface area contributed by atoms with Gasteiger partial charge in [-0.15, -0.1) is 0 Å². The summed E-state index contributed by atoms with van der Waals surface area (Å²) in [6, 6.07) is 0. The van der Waals surface area contributed by atoms with Crippen LogP contribution in [-0.2, 0) is 0 Å². The standard InChI is InChI=1S/C7H6Br3N/c1-3-5(8)7(10)6(9)4(2)11-3/h1-2H3. The van der Waals surface area contributed by atoms with E-state index in [4.69, 9.17) is 0 Å². The fourth-order valence-electron chi connectivity index (χ4n) is 0.764. The average Bonchev–Trinajstić information content (AvgIpc) is 1.97. The van der Waals surface area contributed by atoms with Crippen LogP contribution in [0.15, 0.2) is 13.4 Å². The van der Waals surface area contributed by atoms with Gasteiger partial charge in [0.2, 0.25) is 0 Å². The van der Waals surface area contributed by atoms with Gasteiger partial charge in [-0.2, -0.15) is 0 Å². The fourth-order valence-corrected chi connectivity index (χ4v) is 2.18. The van der Waals surface area contributed by atoms with E-state index >= 15 is 0 Å². The van der Waals surface area contributed by atoms with Gasteiger partial charge in [-0.1, -0.05) is 0 Å². The molecule has 60 valence electrons. The van der Waals surface area contributed by atoms with Gasteiger partial charge in [-0.05, 0) is 61.6 Å². The number of halogens is 3. The molecule has 0 N–H and O–H groups in total. The highest BCUT2D eigenvalue weighted by molar-refractivity contribution is 9.14. The summed E-state index contributed by atoms with van der Waals surface area (Å²) in [6.45, 7) is 3.93.